The molecule has 0 spiro atoms. The number of aliphatic hydroxyl groups is 5. The van der Waals surface area contributed by atoms with Gasteiger partial charge < -0.3 is 35.2 Å². The van der Waals surface area contributed by atoms with E-state index in [0.29, 0.717) is 13.2 Å². The number of rotatable bonds is 12. The largest absolute Gasteiger partial charge is 0.396 e. The molecule has 1 aromatic rings. The zero-order chi connectivity index (χ0) is 27.0. The van der Waals surface area contributed by atoms with E-state index in [1.807, 2.05) is 0 Å². The van der Waals surface area contributed by atoms with Crippen LogP contribution in [0.5, 0.6) is 0 Å². The van der Waals surface area contributed by atoms with Crippen molar-refractivity contribution in [3.05, 3.63) is 29.8 Å². The lowest BCUT2D eigenvalue weighted by Gasteiger charge is -2.42. The smallest absolute Gasteiger partial charge is 0.184 e. The summed E-state index contributed by atoms with van der Waals surface area (Å²) in [5, 5.41) is 47.5. The highest BCUT2D eigenvalue weighted by molar-refractivity contribution is 5.48. The van der Waals surface area contributed by atoms with E-state index >= 15 is 0 Å². The van der Waals surface area contributed by atoms with Gasteiger partial charge in [0, 0.05) is 51.4 Å². The number of unbranched alkanes of at least 4 members (excludes halogenated alkanes) is 8. The van der Waals surface area contributed by atoms with E-state index in [-0.39, 0.29) is 0 Å². The summed E-state index contributed by atoms with van der Waals surface area (Å²) in [4.78, 5) is 4.45. The minimum atomic E-state index is -1.48. The van der Waals surface area contributed by atoms with Crippen molar-refractivity contribution >= 4 is 5.69 Å². The SMILES string of the molecule is C#CCCCCCCCCCCO.Cc1cccc(N2CCN(CC3OC(O)[C@H](O)[C@@H](O)[C@H]3O)CC2)c1. The van der Waals surface area contributed by atoms with Gasteiger partial charge in [-0.2, -0.15) is 0 Å². The number of benzene rings is 1. The Morgan fingerprint density at radius 3 is 2.08 bits per heavy atom. The zero-order valence-corrected chi connectivity index (χ0v) is 22.4. The molecular weight excluding hydrogens is 472 g/mol. The molecule has 5 atom stereocenters. The van der Waals surface area contributed by atoms with Gasteiger partial charge in [0.15, 0.2) is 6.29 Å². The van der Waals surface area contributed by atoms with Crippen LogP contribution in [-0.2, 0) is 4.74 Å². The fourth-order valence-electron chi connectivity index (χ4n) is 4.75. The van der Waals surface area contributed by atoms with Crippen molar-refractivity contribution in [3.63, 3.8) is 0 Å². The summed E-state index contributed by atoms with van der Waals surface area (Å²) in [6.45, 7) is 6.16. The van der Waals surface area contributed by atoms with Crippen molar-refractivity contribution in [2.75, 3.05) is 44.2 Å². The normalized spacial score (nSPS) is 26.3. The fraction of sp³-hybridized carbons (Fsp3) is 0.724. The monoisotopic (exact) mass is 520 g/mol. The van der Waals surface area contributed by atoms with Crippen LogP contribution >= 0.6 is 0 Å². The molecule has 0 aromatic heterocycles. The van der Waals surface area contributed by atoms with E-state index in [2.05, 4.69) is 46.9 Å². The van der Waals surface area contributed by atoms with Gasteiger partial charge in [-0.1, -0.05) is 50.7 Å². The Morgan fingerprint density at radius 1 is 0.865 bits per heavy atom. The molecule has 2 unspecified atom stereocenters. The molecule has 2 saturated heterocycles. The lowest BCUT2D eigenvalue weighted by atomic mass is 9.98. The molecule has 2 heterocycles. The Kier molecular flexibility index (Phi) is 15.1. The first-order chi connectivity index (χ1) is 17.9. The molecule has 0 saturated carbocycles. The molecule has 5 N–H and O–H groups in total. The molecule has 3 rings (SSSR count). The number of aliphatic hydroxyl groups excluding tert-OH is 5. The van der Waals surface area contributed by atoms with Gasteiger partial charge in [0.05, 0.1) is 0 Å². The van der Waals surface area contributed by atoms with Crippen LogP contribution < -0.4 is 4.90 Å². The minimum absolute atomic E-state index is 0.349. The van der Waals surface area contributed by atoms with Crippen LogP contribution in [0.15, 0.2) is 24.3 Å². The first kappa shape index (κ1) is 31.5. The molecule has 2 aliphatic heterocycles. The molecule has 210 valence electrons. The van der Waals surface area contributed by atoms with Gasteiger partial charge in [-0.05, 0) is 37.5 Å². The topological polar surface area (TPSA) is 117 Å². The predicted molar refractivity (Wildman–Crippen MR) is 146 cm³/mol. The van der Waals surface area contributed by atoms with Crippen molar-refractivity contribution in [1.29, 1.82) is 0 Å². The van der Waals surface area contributed by atoms with Crippen LogP contribution in [0.25, 0.3) is 0 Å². The van der Waals surface area contributed by atoms with Crippen molar-refractivity contribution in [3.8, 4) is 12.3 Å². The lowest BCUT2D eigenvalue weighted by Crippen LogP contribution is -2.61. The van der Waals surface area contributed by atoms with Crippen molar-refractivity contribution in [1.82, 2.24) is 4.90 Å². The molecule has 2 fully saturated rings. The van der Waals surface area contributed by atoms with Gasteiger partial charge in [0.25, 0.3) is 0 Å². The summed E-state index contributed by atoms with van der Waals surface area (Å²) in [6.07, 6.45) is 9.67. The highest BCUT2D eigenvalue weighted by Crippen LogP contribution is 2.22. The molecule has 8 nitrogen and oxygen atoms in total. The second kappa shape index (κ2) is 17.7. The third-order valence-electron chi connectivity index (χ3n) is 7.09. The van der Waals surface area contributed by atoms with Gasteiger partial charge in [0.1, 0.15) is 24.4 Å². The van der Waals surface area contributed by atoms with Gasteiger partial charge in [-0.3, -0.25) is 4.90 Å². The molecule has 37 heavy (non-hydrogen) atoms. The minimum Gasteiger partial charge on any atom is -0.396 e. The number of aryl methyl sites for hydroxylation is 1. The quantitative estimate of drug-likeness (QED) is 0.210. The number of hydrogen-bond donors (Lipinski definition) is 5. The summed E-state index contributed by atoms with van der Waals surface area (Å²) in [5.74, 6) is 2.66. The molecule has 2 aliphatic rings. The highest BCUT2D eigenvalue weighted by atomic mass is 16.6. The zero-order valence-electron chi connectivity index (χ0n) is 22.4. The molecule has 0 amide bonds. The number of nitrogens with zero attached hydrogens (tertiary/aromatic N) is 2. The summed E-state index contributed by atoms with van der Waals surface area (Å²) >= 11 is 0. The average Bonchev–Trinajstić information content (AvgIpc) is 2.90. The Labute approximate surface area is 222 Å². The lowest BCUT2D eigenvalue weighted by molar-refractivity contribution is -0.283. The van der Waals surface area contributed by atoms with Crippen molar-refractivity contribution in [2.24, 2.45) is 0 Å². The van der Waals surface area contributed by atoms with E-state index in [1.54, 1.807) is 0 Å². The number of hydrogen-bond acceptors (Lipinski definition) is 8. The average molecular weight is 521 g/mol. The summed E-state index contributed by atoms with van der Waals surface area (Å²) in [7, 11) is 0. The van der Waals surface area contributed by atoms with E-state index in [4.69, 9.17) is 16.3 Å². The standard InChI is InChI=1S/C17H26N2O5.C12H22O/c1-11-3-2-4-12(9-11)19-7-5-18(6-8-19)10-13-14(20)15(21)16(22)17(23)24-13;1-2-3-4-5-6-7-8-9-10-11-12-13/h2-4,9,13-17,20-23H,5-8,10H2,1H3;1,13H,3-12H2/t13?,14-,15-,16+,17?;/m0./s1. The molecule has 0 radical (unpaired) electrons. The van der Waals surface area contributed by atoms with Crippen LogP contribution in [0.1, 0.15) is 63.4 Å². The number of ether oxygens (including phenoxy) is 1. The Hall–Kier alpha value is -1.70. The number of anilines is 1. The first-order valence-corrected chi connectivity index (χ1v) is 13.8. The van der Waals surface area contributed by atoms with Crippen LogP contribution in [0.3, 0.4) is 0 Å². The van der Waals surface area contributed by atoms with E-state index in [9.17, 15) is 20.4 Å². The summed E-state index contributed by atoms with van der Waals surface area (Å²) < 4.78 is 5.25. The van der Waals surface area contributed by atoms with Gasteiger partial charge in [-0.15, -0.1) is 12.3 Å². The maximum atomic E-state index is 10.0. The second-order valence-corrected chi connectivity index (χ2v) is 10.2. The van der Waals surface area contributed by atoms with Crippen LogP contribution in [0, 0.1) is 19.3 Å². The number of terminal acetylenes is 1. The fourth-order valence-corrected chi connectivity index (χ4v) is 4.75. The molecule has 8 heteroatoms. The van der Waals surface area contributed by atoms with E-state index in [1.165, 1.54) is 56.2 Å². The Balaban J connectivity index is 0.000000317. The van der Waals surface area contributed by atoms with E-state index < -0.39 is 30.7 Å². The van der Waals surface area contributed by atoms with Gasteiger partial charge >= 0.3 is 0 Å². The first-order valence-electron chi connectivity index (χ1n) is 13.8. The molecule has 1 aromatic carbocycles. The molecular formula is C29H48N2O6. The van der Waals surface area contributed by atoms with Gasteiger partial charge in [-0.25, -0.2) is 0 Å². The predicted octanol–water partition coefficient (Wildman–Crippen LogP) is 2.04. The van der Waals surface area contributed by atoms with Crippen LogP contribution in [0.4, 0.5) is 5.69 Å². The summed E-state index contributed by atoms with van der Waals surface area (Å²) in [5.41, 5.74) is 2.44. The van der Waals surface area contributed by atoms with Gasteiger partial charge in [0.2, 0.25) is 0 Å². The van der Waals surface area contributed by atoms with Crippen molar-refractivity contribution in [2.45, 2.75) is 95.4 Å². The maximum Gasteiger partial charge on any atom is 0.184 e. The van der Waals surface area contributed by atoms with Crippen LogP contribution in [-0.4, -0.2) is 100 Å². The maximum absolute atomic E-state index is 10.0. The number of piperazine rings is 1. The third-order valence-corrected chi connectivity index (χ3v) is 7.09. The van der Waals surface area contributed by atoms with Crippen LogP contribution in [0.2, 0.25) is 0 Å². The van der Waals surface area contributed by atoms with E-state index in [0.717, 1.165) is 39.0 Å². The molecule has 0 bridgehead atoms. The Morgan fingerprint density at radius 2 is 1.49 bits per heavy atom. The highest BCUT2D eigenvalue weighted by Gasteiger charge is 2.43. The summed E-state index contributed by atoms with van der Waals surface area (Å²) in [6, 6.07) is 8.40. The van der Waals surface area contributed by atoms with Crippen molar-refractivity contribution < 1.29 is 30.3 Å². The second-order valence-electron chi connectivity index (χ2n) is 10.2. The Bertz CT molecular complexity index is 780. The third kappa shape index (κ3) is 11.3. The molecule has 0 aliphatic carbocycles.